The zero-order chi connectivity index (χ0) is 24.6. The quantitative estimate of drug-likeness (QED) is 0.573. The second kappa shape index (κ2) is 9.34. The number of fused-ring (bicyclic) bond motifs is 2. The second-order valence-electron chi connectivity index (χ2n) is 9.68. The van der Waals surface area contributed by atoms with E-state index in [1.807, 2.05) is 35.2 Å². The van der Waals surface area contributed by atoms with Crippen LogP contribution in [0.5, 0.6) is 5.75 Å². The molecule has 1 saturated heterocycles. The van der Waals surface area contributed by atoms with Crippen LogP contribution in [0.25, 0.3) is 0 Å². The number of aliphatic hydroxyl groups is 1. The lowest BCUT2D eigenvalue weighted by atomic mass is 9.93. The molecule has 1 spiro atoms. The van der Waals surface area contributed by atoms with Crippen LogP contribution in [-0.4, -0.2) is 47.2 Å². The maximum absolute atomic E-state index is 13.7. The molecule has 3 atom stereocenters. The molecular weight excluding hydrogens is 448 g/mol. The third kappa shape index (κ3) is 4.50. The highest BCUT2D eigenvalue weighted by molar-refractivity contribution is 6.04. The van der Waals surface area contributed by atoms with Crippen molar-refractivity contribution in [3.8, 4) is 5.75 Å². The number of amides is 3. The van der Waals surface area contributed by atoms with Crippen molar-refractivity contribution in [3.05, 3.63) is 65.2 Å². The minimum absolute atomic E-state index is 0.00710. The molecule has 184 valence electrons. The average molecular weight is 479 g/mol. The van der Waals surface area contributed by atoms with E-state index in [9.17, 15) is 14.4 Å². The summed E-state index contributed by atoms with van der Waals surface area (Å²) in [6, 6.07) is 15.3. The van der Waals surface area contributed by atoms with Crippen molar-refractivity contribution in [2.45, 2.75) is 56.7 Å². The van der Waals surface area contributed by atoms with Gasteiger partial charge in [0.25, 0.3) is 5.91 Å². The Balaban J connectivity index is 1.43. The van der Waals surface area contributed by atoms with Gasteiger partial charge in [-0.15, -0.1) is 0 Å². The van der Waals surface area contributed by atoms with Crippen LogP contribution in [0.4, 0.5) is 4.79 Å². The zero-order valence-corrected chi connectivity index (χ0v) is 19.7. The standard InChI is InChI=1S/C27H30N2O6/c1-17(19-7-8-19)29(16-18-5-3-2-4-6-18)24(31)13-20-15-27(25(32)28-26(33)35-27)23-10-9-21(14-22(20)23)34-12-11-30/h2-6,9-10,14,17,19-20,30H,7-8,11-13,15-16H2,1H3,(H,28,32,33)/t17-,20?,27?/m0/s1. The minimum atomic E-state index is -1.43. The molecule has 35 heavy (non-hydrogen) atoms. The number of carbonyl (C=O) groups is 3. The van der Waals surface area contributed by atoms with E-state index >= 15 is 0 Å². The molecule has 2 unspecified atom stereocenters. The largest absolute Gasteiger partial charge is 0.491 e. The Kier molecular flexibility index (Phi) is 6.23. The minimum Gasteiger partial charge on any atom is -0.491 e. The van der Waals surface area contributed by atoms with Crippen LogP contribution in [-0.2, 0) is 26.5 Å². The van der Waals surface area contributed by atoms with E-state index in [1.54, 1.807) is 18.2 Å². The number of hydrogen-bond donors (Lipinski definition) is 2. The Bertz CT molecular complexity index is 1130. The molecule has 1 aliphatic heterocycles. The van der Waals surface area contributed by atoms with Gasteiger partial charge in [-0.25, -0.2) is 4.79 Å². The van der Waals surface area contributed by atoms with Gasteiger partial charge < -0.3 is 19.5 Å². The first-order valence-electron chi connectivity index (χ1n) is 12.2. The van der Waals surface area contributed by atoms with Gasteiger partial charge in [-0.1, -0.05) is 36.4 Å². The van der Waals surface area contributed by atoms with Gasteiger partial charge in [0.05, 0.1) is 6.61 Å². The third-order valence-corrected chi connectivity index (χ3v) is 7.37. The van der Waals surface area contributed by atoms with Crippen molar-refractivity contribution in [3.63, 3.8) is 0 Å². The third-order valence-electron chi connectivity index (χ3n) is 7.37. The monoisotopic (exact) mass is 478 g/mol. The number of nitrogens with one attached hydrogen (secondary N) is 1. The Labute approximate surface area is 204 Å². The molecule has 0 radical (unpaired) electrons. The highest BCUT2D eigenvalue weighted by Gasteiger charge is 2.57. The van der Waals surface area contributed by atoms with Crippen LogP contribution in [0.1, 0.15) is 55.2 Å². The predicted molar refractivity (Wildman–Crippen MR) is 126 cm³/mol. The number of carbonyl (C=O) groups excluding carboxylic acids is 3. The van der Waals surface area contributed by atoms with Crippen molar-refractivity contribution in [1.29, 1.82) is 0 Å². The molecule has 5 rings (SSSR count). The van der Waals surface area contributed by atoms with Crippen molar-refractivity contribution in [1.82, 2.24) is 10.2 Å². The van der Waals surface area contributed by atoms with Crippen molar-refractivity contribution in [2.75, 3.05) is 13.2 Å². The molecule has 2 aromatic rings. The van der Waals surface area contributed by atoms with Gasteiger partial charge in [-0.2, -0.15) is 0 Å². The molecule has 2 N–H and O–H groups in total. The molecule has 2 aliphatic carbocycles. The number of aliphatic hydroxyl groups excluding tert-OH is 1. The van der Waals surface area contributed by atoms with Crippen molar-refractivity contribution in [2.24, 2.45) is 5.92 Å². The molecule has 2 aromatic carbocycles. The molecule has 2 fully saturated rings. The van der Waals surface area contributed by atoms with Gasteiger partial charge in [-0.05, 0) is 54.9 Å². The second-order valence-corrected chi connectivity index (χ2v) is 9.68. The number of rotatable bonds is 9. The first kappa shape index (κ1) is 23.4. The fraction of sp³-hybridized carbons (Fsp3) is 0.444. The molecular formula is C27H30N2O6. The predicted octanol–water partition coefficient (Wildman–Crippen LogP) is 3.22. The molecule has 1 saturated carbocycles. The summed E-state index contributed by atoms with van der Waals surface area (Å²) in [6.07, 6.45) is 1.86. The number of hydrogen-bond acceptors (Lipinski definition) is 6. The lowest BCUT2D eigenvalue weighted by molar-refractivity contribution is -0.136. The molecule has 8 nitrogen and oxygen atoms in total. The number of nitrogens with zero attached hydrogens (tertiary/aromatic N) is 1. The number of benzene rings is 2. The van der Waals surface area contributed by atoms with E-state index in [-0.39, 0.29) is 43.9 Å². The highest BCUT2D eigenvalue weighted by Crippen LogP contribution is 2.51. The molecule has 8 heteroatoms. The van der Waals surface area contributed by atoms with Crippen LogP contribution in [0.3, 0.4) is 0 Å². The summed E-state index contributed by atoms with van der Waals surface area (Å²) >= 11 is 0. The SMILES string of the molecule is C[C@@H](C1CC1)N(Cc1ccccc1)C(=O)CC1CC2(OC(=O)NC2=O)c2ccc(OCCO)cc21. The van der Waals surface area contributed by atoms with Gasteiger partial charge in [0.1, 0.15) is 12.4 Å². The van der Waals surface area contributed by atoms with Crippen molar-refractivity contribution >= 4 is 17.9 Å². The van der Waals surface area contributed by atoms with Gasteiger partial charge in [0, 0.05) is 31.0 Å². The molecule has 1 heterocycles. The van der Waals surface area contributed by atoms with Crippen LogP contribution >= 0.6 is 0 Å². The van der Waals surface area contributed by atoms with Gasteiger partial charge in [-0.3, -0.25) is 14.9 Å². The van der Waals surface area contributed by atoms with E-state index in [2.05, 4.69) is 12.2 Å². The van der Waals surface area contributed by atoms with Crippen LogP contribution in [0.15, 0.2) is 48.5 Å². The van der Waals surface area contributed by atoms with E-state index in [0.717, 1.165) is 24.0 Å². The fourth-order valence-electron chi connectivity index (χ4n) is 5.38. The lowest BCUT2D eigenvalue weighted by Gasteiger charge is -2.31. The number of ether oxygens (including phenoxy) is 2. The van der Waals surface area contributed by atoms with E-state index < -0.39 is 17.6 Å². The summed E-state index contributed by atoms with van der Waals surface area (Å²) < 4.78 is 11.1. The number of imide groups is 1. The van der Waals surface area contributed by atoms with Gasteiger partial charge >= 0.3 is 6.09 Å². The van der Waals surface area contributed by atoms with E-state index in [0.29, 0.717) is 23.8 Å². The summed E-state index contributed by atoms with van der Waals surface area (Å²) in [7, 11) is 0. The van der Waals surface area contributed by atoms with Crippen LogP contribution < -0.4 is 10.1 Å². The summed E-state index contributed by atoms with van der Waals surface area (Å²) in [4.78, 5) is 40.5. The topological polar surface area (TPSA) is 105 Å². The Morgan fingerprint density at radius 3 is 2.66 bits per heavy atom. The fourth-order valence-corrected chi connectivity index (χ4v) is 5.38. The summed E-state index contributed by atoms with van der Waals surface area (Å²) in [5, 5.41) is 11.4. The Morgan fingerprint density at radius 2 is 2.00 bits per heavy atom. The number of alkyl carbamates (subject to hydrolysis) is 1. The Hall–Kier alpha value is -3.39. The van der Waals surface area contributed by atoms with Gasteiger partial charge in [0.15, 0.2) is 0 Å². The van der Waals surface area contributed by atoms with Crippen LogP contribution in [0, 0.1) is 5.92 Å². The summed E-state index contributed by atoms with van der Waals surface area (Å²) in [5.41, 5.74) is 0.983. The van der Waals surface area contributed by atoms with Gasteiger partial charge in [0.2, 0.25) is 11.5 Å². The molecule has 3 aliphatic rings. The smallest absolute Gasteiger partial charge is 0.415 e. The maximum atomic E-state index is 13.7. The normalized spacial score (nSPS) is 23.5. The molecule has 3 amide bonds. The summed E-state index contributed by atoms with van der Waals surface area (Å²) in [6.45, 7) is 2.63. The van der Waals surface area contributed by atoms with E-state index in [1.165, 1.54) is 0 Å². The first-order chi connectivity index (χ1) is 16.9. The molecule has 0 aromatic heterocycles. The highest BCUT2D eigenvalue weighted by atomic mass is 16.6. The summed E-state index contributed by atoms with van der Waals surface area (Å²) in [5.74, 6) is 0.217. The lowest BCUT2D eigenvalue weighted by Crippen LogP contribution is -2.40. The molecule has 0 bridgehead atoms. The average Bonchev–Trinajstić information content (AvgIpc) is 3.61. The Morgan fingerprint density at radius 1 is 1.23 bits per heavy atom. The first-order valence-corrected chi connectivity index (χ1v) is 12.2. The zero-order valence-electron chi connectivity index (χ0n) is 19.7. The van der Waals surface area contributed by atoms with E-state index in [4.69, 9.17) is 14.6 Å². The van der Waals surface area contributed by atoms with Crippen molar-refractivity contribution < 1.29 is 29.0 Å². The van der Waals surface area contributed by atoms with Crippen LogP contribution in [0.2, 0.25) is 0 Å². The maximum Gasteiger partial charge on any atom is 0.415 e.